The molecule has 2 aromatic carbocycles. The molecule has 0 bridgehead atoms. The van der Waals surface area contributed by atoms with Crippen LogP contribution in [-0.4, -0.2) is 24.0 Å². The van der Waals surface area contributed by atoms with Gasteiger partial charge in [-0.25, -0.2) is 4.39 Å². The number of para-hydroxylation sites is 1. The molecule has 0 radical (unpaired) electrons. The van der Waals surface area contributed by atoms with Crippen LogP contribution in [0.25, 0.3) is 6.08 Å². The first kappa shape index (κ1) is 19.1. The van der Waals surface area contributed by atoms with Crippen LogP contribution in [0.1, 0.15) is 15.9 Å². The lowest BCUT2D eigenvalue weighted by Gasteiger charge is -2.11. The highest BCUT2D eigenvalue weighted by atomic mass is 32.1. The number of thiocarbonyl (C=S) groups is 1. The molecule has 2 aromatic rings. The minimum atomic E-state index is -0.502. The van der Waals surface area contributed by atoms with E-state index in [0.717, 1.165) is 0 Å². The summed E-state index contributed by atoms with van der Waals surface area (Å²) >= 11 is 4.94. The molecule has 26 heavy (non-hydrogen) atoms. The first-order valence-electron chi connectivity index (χ1n) is 7.47. The average Bonchev–Trinajstić information content (AvgIpc) is 2.65. The summed E-state index contributed by atoms with van der Waals surface area (Å²) in [7, 11) is 1.46. The molecular formula is C18H16FN3O3S. The fourth-order valence-electron chi connectivity index (χ4n) is 1.94. The maximum absolute atomic E-state index is 12.8. The minimum Gasteiger partial charge on any atom is -0.496 e. The number of halogens is 1. The van der Waals surface area contributed by atoms with E-state index in [0.29, 0.717) is 16.9 Å². The van der Waals surface area contributed by atoms with Crippen LogP contribution in [-0.2, 0) is 4.79 Å². The highest BCUT2D eigenvalue weighted by molar-refractivity contribution is 7.80. The lowest BCUT2D eigenvalue weighted by atomic mass is 10.2. The lowest BCUT2D eigenvalue weighted by molar-refractivity contribution is -0.115. The Morgan fingerprint density at radius 1 is 1.08 bits per heavy atom. The summed E-state index contributed by atoms with van der Waals surface area (Å²) in [6.45, 7) is 0. The predicted octanol–water partition coefficient (Wildman–Crippen LogP) is 2.18. The van der Waals surface area contributed by atoms with Crippen molar-refractivity contribution in [2.45, 2.75) is 0 Å². The first-order valence-corrected chi connectivity index (χ1v) is 7.88. The maximum Gasteiger partial charge on any atom is 0.273 e. The van der Waals surface area contributed by atoms with Gasteiger partial charge < -0.3 is 4.74 Å². The van der Waals surface area contributed by atoms with E-state index in [9.17, 15) is 14.0 Å². The third-order valence-electron chi connectivity index (χ3n) is 3.18. The number of nitrogens with one attached hydrogen (secondary N) is 3. The number of rotatable bonds is 4. The number of ether oxygens (including phenoxy) is 1. The number of hydrogen-bond acceptors (Lipinski definition) is 4. The average molecular weight is 373 g/mol. The van der Waals surface area contributed by atoms with Gasteiger partial charge in [0, 0.05) is 6.08 Å². The molecule has 2 amide bonds. The summed E-state index contributed by atoms with van der Waals surface area (Å²) in [5.74, 6) is -0.925. The van der Waals surface area contributed by atoms with Crippen LogP contribution in [0.2, 0.25) is 0 Å². The number of methoxy groups -OCH3 is 1. The van der Waals surface area contributed by atoms with Gasteiger partial charge in [0.05, 0.1) is 12.7 Å². The number of hydrogen-bond donors (Lipinski definition) is 3. The summed E-state index contributed by atoms with van der Waals surface area (Å²) in [5.41, 5.74) is 5.77. The largest absolute Gasteiger partial charge is 0.496 e. The summed E-state index contributed by atoms with van der Waals surface area (Å²) < 4.78 is 17.9. The molecule has 0 heterocycles. The molecule has 0 aliphatic heterocycles. The molecule has 0 unspecified atom stereocenters. The van der Waals surface area contributed by atoms with Crippen molar-refractivity contribution >= 4 is 35.2 Å². The zero-order chi connectivity index (χ0) is 18.9. The van der Waals surface area contributed by atoms with E-state index in [1.807, 2.05) is 0 Å². The second kappa shape index (κ2) is 9.28. The third kappa shape index (κ3) is 5.67. The molecule has 3 N–H and O–H groups in total. The highest BCUT2D eigenvalue weighted by Crippen LogP contribution is 2.16. The van der Waals surface area contributed by atoms with Crippen molar-refractivity contribution in [1.82, 2.24) is 16.2 Å². The van der Waals surface area contributed by atoms with Gasteiger partial charge >= 0.3 is 0 Å². The van der Waals surface area contributed by atoms with Gasteiger partial charge in [0.15, 0.2) is 5.11 Å². The van der Waals surface area contributed by atoms with Gasteiger partial charge in [0.25, 0.3) is 5.91 Å². The molecule has 0 aliphatic carbocycles. The van der Waals surface area contributed by atoms with Crippen molar-refractivity contribution in [1.29, 1.82) is 0 Å². The standard InChI is InChI=1S/C18H16FN3O3S/c1-25-15-5-3-2-4-14(15)17(24)21-22-18(26)20-16(23)11-8-12-6-9-13(19)10-7-12/h2-11H,1H3,(H,21,24)(H2,20,22,23,26). The summed E-state index contributed by atoms with van der Waals surface area (Å²) in [6.07, 6.45) is 2.74. The van der Waals surface area contributed by atoms with Crippen molar-refractivity contribution in [3.63, 3.8) is 0 Å². The van der Waals surface area contributed by atoms with E-state index < -0.39 is 11.8 Å². The molecule has 134 valence electrons. The van der Waals surface area contributed by atoms with Gasteiger partial charge in [0.1, 0.15) is 11.6 Å². The van der Waals surface area contributed by atoms with Crippen LogP contribution in [0, 0.1) is 5.82 Å². The van der Waals surface area contributed by atoms with Crippen molar-refractivity contribution in [3.8, 4) is 5.75 Å². The number of benzene rings is 2. The van der Waals surface area contributed by atoms with Crippen LogP contribution in [0.4, 0.5) is 4.39 Å². The molecule has 0 aromatic heterocycles. The zero-order valence-electron chi connectivity index (χ0n) is 13.8. The minimum absolute atomic E-state index is 0.0815. The molecule has 0 saturated heterocycles. The van der Waals surface area contributed by atoms with E-state index in [4.69, 9.17) is 17.0 Å². The Morgan fingerprint density at radius 3 is 2.46 bits per heavy atom. The fourth-order valence-corrected chi connectivity index (χ4v) is 2.10. The summed E-state index contributed by atoms with van der Waals surface area (Å²) in [6, 6.07) is 12.3. The van der Waals surface area contributed by atoms with Crippen molar-refractivity contribution in [3.05, 3.63) is 71.6 Å². The van der Waals surface area contributed by atoms with E-state index >= 15 is 0 Å². The van der Waals surface area contributed by atoms with Gasteiger partial charge in [-0.15, -0.1) is 0 Å². The smallest absolute Gasteiger partial charge is 0.273 e. The Labute approximate surface area is 155 Å². The Balaban J connectivity index is 1.83. The molecule has 0 fully saturated rings. The van der Waals surface area contributed by atoms with Crippen LogP contribution in [0.3, 0.4) is 0 Å². The molecule has 2 rings (SSSR count). The molecular weight excluding hydrogens is 357 g/mol. The van der Waals surface area contributed by atoms with Crippen LogP contribution in [0.15, 0.2) is 54.6 Å². The van der Waals surface area contributed by atoms with E-state index in [-0.39, 0.29) is 10.9 Å². The second-order valence-corrected chi connectivity index (χ2v) is 5.39. The van der Waals surface area contributed by atoms with E-state index in [1.54, 1.807) is 24.3 Å². The van der Waals surface area contributed by atoms with Gasteiger partial charge in [-0.05, 0) is 48.1 Å². The first-order chi connectivity index (χ1) is 12.5. The summed E-state index contributed by atoms with van der Waals surface area (Å²) in [5, 5.41) is 2.29. The quantitative estimate of drug-likeness (QED) is 0.435. The van der Waals surface area contributed by atoms with Crippen molar-refractivity contribution in [2.24, 2.45) is 0 Å². The van der Waals surface area contributed by atoms with Gasteiger partial charge in [-0.3, -0.25) is 25.8 Å². The van der Waals surface area contributed by atoms with Crippen molar-refractivity contribution in [2.75, 3.05) is 7.11 Å². The van der Waals surface area contributed by atoms with Crippen LogP contribution >= 0.6 is 12.2 Å². The second-order valence-electron chi connectivity index (χ2n) is 4.98. The molecule has 0 aliphatic rings. The van der Waals surface area contributed by atoms with Gasteiger partial charge in [0.2, 0.25) is 5.91 Å². The zero-order valence-corrected chi connectivity index (χ0v) is 14.6. The third-order valence-corrected chi connectivity index (χ3v) is 3.38. The molecule has 6 nitrogen and oxygen atoms in total. The lowest BCUT2D eigenvalue weighted by Crippen LogP contribution is -2.48. The van der Waals surface area contributed by atoms with Crippen molar-refractivity contribution < 1.29 is 18.7 Å². The SMILES string of the molecule is COc1ccccc1C(=O)NNC(=S)NC(=O)C=Cc1ccc(F)cc1. The number of amides is 2. The molecule has 0 spiro atoms. The summed E-state index contributed by atoms with van der Waals surface area (Å²) in [4.78, 5) is 23.9. The van der Waals surface area contributed by atoms with Gasteiger partial charge in [-0.1, -0.05) is 24.3 Å². The van der Waals surface area contributed by atoms with Crippen LogP contribution < -0.4 is 20.9 Å². The Bertz CT molecular complexity index is 838. The predicted molar refractivity (Wildman–Crippen MR) is 99.8 cm³/mol. The molecule has 8 heteroatoms. The Morgan fingerprint density at radius 2 is 1.77 bits per heavy atom. The highest BCUT2D eigenvalue weighted by Gasteiger charge is 2.11. The number of carbonyl (C=O) groups excluding carboxylic acids is 2. The fraction of sp³-hybridized carbons (Fsp3) is 0.0556. The monoisotopic (exact) mass is 373 g/mol. The number of carbonyl (C=O) groups is 2. The molecule has 0 atom stereocenters. The van der Waals surface area contributed by atoms with Gasteiger partial charge in [-0.2, -0.15) is 0 Å². The maximum atomic E-state index is 12.8. The van der Waals surface area contributed by atoms with E-state index in [1.165, 1.54) is 43.5 Å². The molecule has 0 saturated carbocycles. The Kier molecular flexibility index (Phi) is 6.81. The van der Waals surface area contributed by atoms with E-state index in [2.05, 4.69) is 16.2 Å². The Hall–Kier alpha value is -3.26. The number of hydrazine groups is 1. The van der Waals surface area contributed by atoms with Crippen LogP contribution in [0.5, 0.6) is 5.75 Å². The normalized spacial score (nSPS) is 10.2. The topological polar surface area (TPSA) is 79.5 Å².